The van der Waals surface area contributed by atoms with E-state index < -0.39 is 36.7 Å². The van der Waals surface area contributed by atoms with Crippen molar-refractivity contribution in [1.29, 1.82) is 0 Å². The van der Waals surface area contributed by atoms with Crippen molar-refractivity contribution in [3.05, 3.63) is 48.0 Å². The molecular formula is C19H21F3N2O6S2. The summed E-state index contributed by atoms with van der Waals surface area (Å²) in [4.78, 5) is -0.581. The number of nitrogens with zero attached hydrogens (tertiary/aromatic N) is 1. The first-order chi connectivity index (χ1) is 14.9. The fourth-order valence-corrected chi connectivity index (χ4v) is 5.49. The van der Waals surface area contributed by atoms with Crippen LogP contribution in [-0.4, -0.2) is 54.1 Å². The predicted molar refractivity (Wildman–Crippen MR) is 109 cm³/mol. The lowest BCUT2D eigenvalue weighted by Crippen LogP contribution is -2.40. The number of benzene rings is 2. The molecule has 1 aliphatic rings. The summed E-state index contributed by atoms with van der Waals surface area (Å²) in [5.41, 5.74) is -1.15. The van der Waals surface area contributed by atoms with E-state index >= 15 is 0 Å². The van der Waals surface area contributed by atoms with Crippen LogP contribution in [0, 0.1) is 0 Å². The Morgan fingerprint density at radius 3 is 2.16 bits per heavy atom. The van der Waals surface area contributed by atoms with Gasteiger partial charge in [0.1, 0.15) is 5.75 Å². The van der Waals surface area contributed by atoms with Crippen molar-refractivity contribution >= 4 is 25.7 Å². The van der Waals surface area contributed by atoms with Crippen molar-refractivity contribution in [2.45, 2.75) is 22.9 Å². The monoisotopic (exact) mass is 494 g/mol. The zero-order valence-corrected chi connectivity index (χ0v) is 18.6. The fourth-order valence-electron chi connectivity index (χ4n) is 2.99. The first kappa shape index (κ1) is 24.3. The summed E-state index contributed by atoms with van der Waals surface area (Å²) in [5.74, 6) is 0.0731. The van der Waals surface area contributed by atoms with Crippen molar-refractivity contribution in [2.24, 2.45) is 0 Å². The van der Waals surface area contributed by atoms with E-state index in [1.165, 1.54) is 16.4 Å². The van der Waals surface area contributed by atoms with Crippen LogP contribution < -0.4 is 9.46 Å². The van der Waals surface area contributed by atoms with Crippen LogP contribution >= 0.6 is 0 Å². The van der Waals surface area contributed by atoms with E-state index in [0.29, 0.717) is 12.1 Å². The number of hydrogen-bond acceptors (Lipinski definition) is 6. The number of nitrogens with one attached hydrogen (secondary N) is 1. The van der Waals surface area contributed by atoms with Gasteiger partial charge in [-0.3, -0.25) is 4.72 Å². The molecule has 1 aliphatic heterocycles. The van der Waals surface area contributed by atoms with Crippen LogP contribution in [0.25, 0.3) is 0 Å². The van der Waals surface area contributed by atoms with Crippen LogP contribution in [0.2, 0.25) is 0 Å². The summed E-state index contributed by atoms with van der Waals surface area (Å²) < 4.78 is 104. The normalized spacial score (nSPS) is 16.0. The Morgan fingerprint density at radius 2 is 1.59 bits per heavy atom. The highest BCUT2D eigenvalue weighted by Gasteiger charge is 2.31. The molecule has 0 atom stereocenters. The third-order valence-electron chi connectivity index (χ3n) is 4.59. The molecule has 0 aromatic heterocycles. The van der Waals surface area contributed by atoms with E-state index in [-0.39, 0.29) is 49.2 Å². The molecule has 0 aliphatic carbocycles. The summed E-state index contributed by atoms with van der Waals surface area (Å²) >= 11 is 0. The highest BCUT2D eigenvalue weighted by Crippen LogP contribution is 2.33. The third kappa shape index (κ3) is 5.34. The number of halogens is 3. The zero-order chi connectivity index (χ0) is 23.6. The molecule has 0 amide bonds. The van der Waals surface area contributed by atoms with Crippen molar-refractivity contribution in [3.8, 4) is 5.75 Å². The summed E-state index contributed by atoms with van der Waals surface area (Å²) in [5, 5.41) is 0. The Balaban J connectivity index is 1.95. The largest absolute Gasteiger partial charge is 0.492 e. The molecule has 0 spiro atoms. The Bertz CT molecular complexity index is 1160. The Morgan fingerprint density at radius 1 is 1.00 bits per heavy atom. The van der Waals surface area contributed by atoms with Gasteiger partial charge in [-0.05, 0) is 49.4 Å². The topological polar surface area (TPSA) is 102 Å². The molecule has 0 radical (unpaired) electrons. The van der Waals surface area contributed by atoms with Gasteiger partial charge < -0.3 is 9.47 Å². The number of ether oxygens (including phenoxy) is 2. The number of rotatable bonds is 7. The third-order valence-corrected chi connectivity index (χ3v) is 7.87. The van der Waals surface area contributed by atoms with Crippen LogP contribution in [0.1, 0.15) is 12.5 Å². The van der Waals surface area contributed by atoms with E-state index in [4.69, 9.17) is 9.47 Å². The number of anilines is 1. The number of hydrogen-bond donors (Lipinski definition) is 1. The van der Waals surface area contributed by atoms with E-state index in [1.807, 2.05) is 0 Å². The summed E-state index contributed by atoms with van der Waals surface area (Å²) in [6.45, 7) is 2.62. The van der Waals surface area contributed by atoms with Gasteiger partial charge in [0.25, 0.3) is 10.0 Å². The smallest absolute Gasteiger partial charge is 0.416 e. The van der Waals surface area contributed by atoms with Gasteiger partial charge in [0.15, 0.2) is 0 Å². The second kappa shape index (κ2) is 9.25. The lowest BCUT2D eigenvalue weighted by atomic mass is 10.2. The first-order valence-electron chi connectivity index (χ1n) is 9.50. The van der Waals surface area contributed by atoms with Crippen LogP contribution in [0.4, 0.5) is 18.9 Å². The molecule has 2 aromatic rings. The Kier molecular flexibility index (Phi) is 7.03. The van der Waals surface area contributed by atoms with Crippen LogP contribution in [0.3, 0.4) is 0 Å². The van der Waals surface area contributed by atoms with Gasteiger partial charge in [0.05, 0.1) is 40.9 Å². The Labute approximate surface area is 184 Å². The molecule has 176 valence electrons. The van der Waals surface area contributed by atoms with Crippen molar-refractivity contribution in [1.82, 2.24) is 4.31 Å². The summed E-state index contributed by atoms with van der Waals surface area (Å²) in [6, 6.07) is 6.68. The molecule has 8 nitrogen and oxygen atoms in total. The fraction of sp³-hybridized carbons (Fsp3) is 0.368. The average Bonchev–Trinajstić information content (AvgIpc) is 2.75. The molecule has 1 heterocycles. The average molecular weight is 495 g/mol. The second-order valence-electron chi connectivity index (χ2n) is 6.74. The minimum atomic E-state index is -4.61. The molecule has 32 heavy (non-hydrogen) atoms. The lowest BCUT2D eigenvalue weighted by molar-refractivity contribution is -0.137. The minimum Gasteiger partial charge on any atom is -0.492 e. The minimum absolute atomic E-state index is 0.0731. The van der Waals surface area contributed by atoms with E-state index in [1.54, 1.807) is 6.92 Å². The van der Waals surface area contributed by atoms with Gasteiger partial charge in [0, 0.05) is 13.1 Å². The predicted octanol–water partition coefficient (Wildman–Crippen LogP) is 2.93. The van der Waals surface area contributed by atoms with Gasteiger partial charge in [0.2, 0.25) is 10.0 Å². The van der Waals surface area contributed by atoms with Gasteiger partial charge in [-0.25, -0.2) is 16.8 Å². The number of morpholine rings is 1. The van der Waals surface area contributed by atoms with Gasteiger partial charge in [-0.1, -0.05) is 0 Å². The SMILES string of the molecule is CCOc1ccc(S(=O)(=O)N2CCOCC2)cc1NS(=O)(=O)c1ccc(C(F)(F)F)cc1. The number of sulfonamides is 2. The maximum Gasteiger partial charge on any atom is 0.416 e. The standard InChI is InChI=1S/C19H21F3N2O6S2/c1-2-30-18-8-7-16(32(27,28)24-9-11-29-12-10-24)13-17(18)23-31(25,26)15-5-3-14(4-6-15)19(20,21)22/h3-8,13,23H,2,9-12H2,1H3. The maximum atomic E-state index is 12.9. The summed E-state index contributed by atoms with van der Waals surface area (Å²) in [6.07, 6.45) is -4.61. The molecular weight excluding hydrogens is 473 g/mol. The molecule has 0 bridgehead atoms. The second-order valence-corrected chi connectivity index (χ2v) is 10.4. The molecule has 13 heteroatoms. The molecule has 1 fully saturated rings. The highest BCUT2D eigenvalue weighted by atomic mass is 32.2. The van der Waals surface area contributed by atoms with E-state index in [9.17, 15) is 30.0 Å². The van der Waals surface area contributed by atoms with Gasteiger partial charge >= 0.3 is 6.18 Å². The van der Waals surface area contributed by atoms with Crippen molar-refractivity contribution in [3.63, 3.8) is 0 Å². The van der Waals surface area contributed by atoms with E-state index in [2.05, 4.69) is 4.72 Å². The molecule has 2 aromatic carbocycles. The molecule has 3 rings (SSSR count). The lowest BCUT2D eigenvalue weighted by Gasteiger charge is -2.26. The number of alkyl halides is 3. The molecule has 1 N–H and O–H groups in total. The van der Waals surface area contributed by atoms with Gasteiger partial charge in [-0.15, -0.1) is 0 Å². The van der Waals surface area contributed by atoms with Crippen molar-refractivity contribution < 1.29 is 39.5 Å². The maximum absolute atomic E-state index is 12.9. The molecule has 0 unspecified atom stereocenters. The quantitative estimate of drug-likeness (QED) is 0.635. The van der Waals surface area contributed by atoms with Crippen LogP contribution in [0.15, 0.2) is 52.3 Å². The highest BCUT2D eigenvalue weighted by molar-refractivity contribution is 7.92. The van der Waals surface area contributed by atoms with Crippen LogP contribution in [-0.2, 0) is 31.0 Å². The van der Waals surface area contributed by atoms with Crippen molar-refractivity contribution in [2.75, 3.05) is 37.6 Å². The zero-order valence-electron chi connectivity index (χ0n) is 16.9. The first-order valence-corrected chi connectivity index (χ1v) is 12.4. The van der Waals surface area contributed by atoms with Crippen LogP contribution in [0.5, 0.6) is 5.75 Å². The summed E-state index contributed by atoms with van der Waals surface area (Å²) in [7, 11) is -8.25. The Hall–Kier alpha value is -2.35. The molecule has 1 saturated heterocycles. The van der Waals surface area contributed by atoms with E-state index in [0.717, 1.165) is 18.2 Å². The molecule has 0 saturated carbocycles. The van der Waals surface area contributed by atoms with Gasteiger partial charge in [-0.2, -0.15) is 17.5 Å².